The van der Waals surface area contributed by atoms with Crippen LogP contribution < -0.4 is 5.32 Å². The van der Waals surface area contributed by atoms with Crippen molar-refractivity contribution in [3.63, 3.8) is 0 Å². The van der Waals surface area contributed by atoms with Crippen molar-refractivity contribution in [2.45, 2.75) is 12.7 Å². The van der Waals surface area contributed by atoms with Gasteiger partial charge in [-0.3, -0.25) is 14.6 Å². The van der Waals surface area contributed by atoms with Crippen LogP contribution in [0.3, 0.4) is 0 Å². The van der Waals surface area contributed by atoms with E-state index in [0.717, 1.165) is 44.9 Å². The molecular formula is C21H22F3N5O3. The average molecular weight is 449 g/mol. The van der Waals surface area contributed by atoms with Crippen LogP contribution in [0.15, 0.2) is 51.6 Å². The zero-order valence-corrected chi connectivity index (χ0v) is 17.1. The molecule has 0 unspecified atom stereocenters. The number of furan rings is 1. The molecule has 3 heterocycles. The predicted octanol–water partition coefficient (Wildman–Crippen LogP) is 2.90. The van der Waals surface area contributed by atoms with Crippen LogP contribution in [0.1, 0.15) is 22.0 Å². The summed E-state index contributed by atoms with van der Waals surface area (Å²) in [5.41, 5.74) is -0.252. The molecule has 8 nitrogen and oxygen atoms in total. The van der Waals surface area contributed by atoms with Crippen LogP contribution in [0.4, 0.5) is 13.2 Å². The highest BCUT2D eigenvalue weighted by Gasteiger charge is 2.30. The first kappa shape index (κ1) is 22.0. The molecular weight excluding hydrogens is 427 g/mol. The molecule has 4 rings (SSSR count). The summed E-state index contributed by atoms with van der Waals surface area (Å²) in [4.78, 5) is 20.6. The summed E-state index contributed by atoms with van der Waals surface area (Å²) >= 11 is 0. The van der Waals surface area contributed by atoms with Crippen molar-refractivity contribution in [2.24, 2.45) is 0 Å². The molecule has 0 bridgehead atoms. The molecule has 1 N–H and O–H groups in total. The van der Waals surface area contributed by atoms with Crippen molar-refractivity contribution >= 4 is 5.91 Å². The van der Waals surface area contributed by atoms with Crippen molar-refractivity contribution in [3.8, 4) is 11.4 Å². The first-order valence-corrected chi connectivity index (χ1v) is 10.1. The monoisotopic (exact) mass is 449 g/mol. The molecule has 1 fully saturated rings. The Hall–Kier alpha value is -3.18. The van der Waals surface area contributed by atoms with E-state index in [4.69, 9.17) is 8.94 Å². The van der Waals surface area contributed by atoms with E-state index >= 15 is 0 Å². The zero-order valence-electron chi connectivity index (χ0n) is 17.1. The summed E-state index contributed by atoms with van der Waals surface area (Å²) < 4.78 is 48.4. The summed E-state index contributed by atoms with van der Waals surface area (Å²) in [5, 5.41) is 6.71. The van der Waals surface area contributed by atoms with Gasteiger partial charge >= 0.3 is 6.18 Å². The summed E-state index contributed by atoms with van der Waals surface area (Å²) in [6, 6.07) is 7.96. The van der Waals surface area contributed by atoms with Gasteiger partial charge in [0.15, 0.2) is 5.76 Å². The molecule has 0 saturated carbocycles. The Balaban J connectivity index is 1.21. The third-order valence-electron chi connectivity index (χ3n) is 5.22. The van der Waals surface area contributed by atoms with Crippen LogP contribution in [0, 0.1) is 0 Å². The lowest BCUT2D eigenvalue weighted by Gasteiger charge is -2.33. The van der Waals surface area contributed by atoms with Crippen LogP contribution in [0.2, 0.25) is 0 Å². The third-order valence-corrected chi connectivity index (χ3v) is 5.22. The number of amides is 1. The molecule has 2 aromatic heterocycles. The second-order valence-electron chi connectivity index (χ2n) is 7.44. The van der Waals surface area contributed by atoms with Crippen LogP contribution in [-0.2, 0) is 12.7 Å². The molecule has 1 aliphatic heterocycles. The van der Waals surface area contributed by atoms with Crippen LogP contribution in [-0.4, -0.2) is 65.1 Å². The van der Waals surface area contributed by atoms with Gasteiger partial charge in [-0.1, -0.05) is 17.3 Å². The van der Waals surface area contributed by atoms with Gasteiger partial charge in [0.2, 0.25) is 11.7 Å². The van der Waals surface area contributed by atoms with Crippen LogP contribution in [0.25, 0.3) is 11.4 Å². The molecule has 1 saturated heterocycles. The number of aromatic nitrogens is 2. The van der Waals surface area contributed by atoms with Crippen LogP contribution >= 0.6 is 0 Å². The Bertz CT molecular complexity index is 1010. The highest BCUT2D eigenvalue weighted by Crippen LogP contribution is 2.30. The summed E-state index contributed by atoms with van der Waals surface area (Å²) in [7, 11) is 0. The number of piperazine rings is 1. The third kappa shape index (κ3) is 5.54. The van der Waals surface area contributed by atoms with Gasteiger partial charge in [0.05, 0.1) is 18.4 Å². The Morgan fingerprint density at radius 3 is 2.44 bits per heavy atom. The normalized spacial score (nSPS) is 15.7. The fourth-order valence-corrected chi connectivity index (χ4v) is 3.43. The van der Waals surface area contributed by atoms with Crippen LogP contribution in [0.5, 0.6) is 0 Å². The van der Waals surface area contributed by atoms with Gasteiger partial charge < -0.3 is 14.3 Å². The molecule has 0 atom stereocenters. The maximum atomic E-state index is 12.7. The van der Waals surface area contributed by atoms with Gasteiger partial charge in [0.25, 0.3) is 5.91 Å². The fraction of sp³-hybridized carbons (Fsp3) is 0.381. The Morgan fingerprint density at radius 1 is 1.06 bits per heavy atom. The van der Waals surface area contributed by atoms with E-state index in [-0.39, 0.29) is 11.7 Å². The summed E-state index contributed by atoms with van der Waals surface area (Å²) in [6.45, 7) is 4.98. The second kappa shape index (κ2) is 9.53. The molecule has 1 aromatic carbocycles. The Morgan fingerprint density at radius 2 is 1.78 bits per heavy atom. The number of rotatable bonds is 7. The number of hydrogen-bond acceptors (Lipinski definition) is 7. The van der Waals surface area contributed by atoms with Crippen molar-refractivity contribution in [2.75, 3.05) is 39.3 Å². The average Bonchev–Trinajstić information content (AvgIpc) is 3.47. The van der Waals surface area contributed by atoms with E-state index in [1.165, 1.54) is 18.4 Å². The van der Waals surface area contributed by atoms with E-state index in [0.29, 0.717) is 30.3 Å². The van der Waals surface area contributed by atoms with E-state index in [2.05, 4.69) is 25.3 Å². The quantitative estimate of drug-likeness (QED) is 0.594. The van der Waals surface area contributed by atoms with Crippen molar-refractivity contribution < 1.29 is 26.9 Å². The first-order chi connectivity index (χ1) is 15.4. The number of halogens is 3. The largest absolute Gasteiger partial charge is 0.459 e. The fourth-order valence-electron chi connectivity index (χ4n) is 3.43. The van der Waals surface area contributed by atoms with Crippen molar-refractivity contribution in [1.29, 1.82) is 0 Å². The summed E-state index contributed by atoms with van der Waals surface area (Å²) in [5.74, 6) is 0.748. The molecule has 1 aliphatic rings. The minimum Gasteiger partial charge on any atom is -0.459 e. The maximum Gasteiger partial charge on any atom is 0.416 e. The van der Waals surface area contributed by atoms with Gasteiger partial charge in [0, 0.05) is 44.8 Å². The van der Waals surface area contributed by atoms with Gasteiger partial charge in [-0.2, -0.15) is 18.2 Å². The Kier molecular flexibility index (Phi) is 6.56. The number of nitrogens with one attached hydrogen (secondary N) is 1. The number of alkyl halides is 3. The first-order valence-electron chi connectivity index (χ1n) is 10.1. The smallest absolute Gasteiger partial charge is 0.416 e. The molecule has 32 heavy (non-hydrogen) atoms. The molecule has 170 valence electrons. The highest BCUT2D eigenvalue weighted by atomic mass is 19.4. The standard InChI is InChI=1S/C21H22F3N5O3/c22-21(23,24)16-5-3-15(4-6-16)19-26-18(32-27-19)14-29-11-9-28(10-12-29)8-7-25-20(30)17-2-1-13-31-17/h1-6,13H,7-12,14H2,(H,25,30). The molecule has 0 spiro atoms. The van der Waals surface area contributed by atoms with Crippen molar-refractivity contribution in [1.82, 2.24) is 25.3 Å². The van der Waals surface area contributed by atoms with Gasteiger partial charge in [-0.05, 0) is 24.3 Å². The topological polar surface area (TPSA) is 87.6 Å². The molecule has 1 amide bonds. The number of hydrogen-bond donors (Lipinski definition) is 1. The van der Waals surface area contributed by atoms with Gasteiger partial charge in [0.1, 0.15) is 0 Å². The van der Waals surface area contributed by atoms with Gasteiger partial charge in [-0.25, -0.2) is 0 Å². The molecule has 0 aliphatic carbocycles. The van der Waals surface area contributed by atoms with E-state index in [1.807, 2.05) is 0 Å². The minimum absolute atomic E-state index is 0.228. The highest BCUT2D eigenvalue weighted by molar-refractivity contribution is 5.91. The number of carbonyl (C=O) groups is 1. The lowest BCUT2D eigenvalue weighted by Crippen LogP contribution is -2.48. The Labute approximate surface area is 182 Å². The molecule has 11 heteroatoms. The minimum atomic E-state index is -4.38. The number of benzene rings is 1. The lowest BCUT2D eigenvalue weighted by molar-refractivity contribution is -0.137. The molecule has 0 radical (unpaired) electrons. The van der Waals surface area contributed by atoms with E-state index < -0.39 is 11.7 Å². The zero-order chi connectivity index (χ0) is 22.6. The number of nitrogens with zero attached hydrogens (tertiary/aromatic N) is 4. The summed E-state index contributed by atoms with van der Waals surface area (Å²) in [6.07, 6.45) is -2.92. The van der Waals surface area contributed by atoms with Gasteiger partial charge in [-0.15, -0.1) is 0 Å². The predicted molar refractivity (Wildman–Crippen MR) is 107 cm³/mol. The second-order valence-corrected chi connectivity index (χ2v) is 7.44. The van der Waals surface area contributed by atoms with E-state index in [9.17, 15) is 18.0 Å². The number of carbonyl (C=O) groups excluding carboxylic acids is 1. The van der Waals surface area contributed by atoms with Crippen molar-refractivity contribution in [3.05, 3.63) is 59.9 Å². The maximum absolute atomic E-state index is 12.7. The lowest BCUT2D eigenvalue weighted by atomic mass is 10.1. The molecule has 3 aromatic rings. The van der Waals surface area contributed by atoms with E-state index in [1.54, 1.807) is 12.1 Å². The SMILES string of the molecule is O=C(NCCN1CCN(Cc2nc(-c3ccc(C(F)(F)F)cc3)no2)CC1)c1ccco1.